The number of carboxylic acid groups (broad SMARTS) is 1. The molecule has 0 aromatic carbocycles. The molecule has 0 heterocycles. The summed E-state index contributed by atoms with van der Waals surface area (Å²) in [6.07, 6.45) is 1.19. The van der Waals surface area contributed by atoms with E-state index >= 15 is 0 Å². The highest BCUT2D eigenvalue weighted by atomic mass is 16.4. The topological polar surface area (TPSA) is 92.4 Å². The summed E-state index contributed by atoms with van der Waals surface area (Å²) >= 11 is 0. The summed E-state index contributed by atoms with van der Waals surface area (Å²) in [6, 6.07) is -1.48. The van der Waals surface area contributed by atoms with Gasteiger partial charge < -0.3 is 16.2 Å². The van der Waals surface area contributed by atoms with Gasteiger partial charge in [0.1, 0.15) is 6.04 Å². The molecule has 0 radical (unpaired) electrons. The van der Waals surface area contributed by atoms with Gasteiger partial charge in [-0.2, -0.15) is 0 Å². The van der Waals surface area contributed by atoms with Crippen LogP contribution in [0.4, 0.5) is 0 Å². The van der Waals surface area contributed by atoms with E-state index in [0.717, 1.165) is 0 Å². The van der Waals surface area contributed by atoms with Gasteiger partial charge in [0.25, 0.3) is 0 Å². The van der Waals surface area contributed by atoms with E-state index in [0.29, 0.717) is 12.8 Å². The summed E-state index contributed by atoms with van der Waals surface area (Å²) in [6.45, 7) is 5.45. The highest BCUT2D eigenvalue weighted by Gasteiger charge is 2.26. The minimum absolute atomic E-state index is 0.101. The van der Waals surface area contributed by atoms with Crippen LogP contribution in [-0.4, -0.2) is 29.1 Å². The lowest BCUT2D eigenvalue weighted by molar-refractivity contribution is -0.143. The van der Waals surface area contributed by atoms with E-state index in [4.69, 9.17) is 10.8 Å². The van der Waals surface area contributed by atoms with E-state index < -0.39 is 24.0 Å². The highest BCUT2D eigenvalue weighted by Crippen LogP contribution is 2.08. The van der Waals surface area contributed by atoms with Crippen LogP contribution in [0.2, 0.25) is 0 Å². The molecule has 0 fully saturated rings. The molecule has 0 unspecified atom stereocenters. The van der Waals surface area contributed by atoms with Crippen LogP contribution >= 0.6 is 0 Å². The van der Waals surface area contributed by atoms with Crippen LogP contribution in [-0.2, 0) is 9.59 Å². The normalized spacial score (nSPS) is 16.5. The molecule has 0 bridgehead atoms. The molecule has 0 saturated carbocycles. The molecule has 5 heteroatoms. The number of nitrogens with two attached hydrogens (primary N) is 1. The van der Waals surface area contributed by atoms with Crippen LogP contribution in [0, 0.1) is 5.92 Å². The second-order valence-electron chi connectivity index (χ2n) is 3.72. The first-order valence-electron chi connectivity index (χ1n) is 5.22. The van der Waals surface area contributed by atoms with Gasteiger partial charge in [0.2, 0.25) is 5.91 Å². The Bertz CT molecular complexity index is 231. The average Bonchev–Trinajstić information content (AvgIpc) is 2.22. The van der Waals surface area contributed by atoms with E-state index in [1.54, 1.807) is 13.8 Å². The minimum atomic E-state index is -1.01. The van der Waals surface area contributed by atoms with Crippen molar-refractivity contribution in [3.63, 3.8) is 0 Å². The molecule has 0 rings (SSSR count). The Hall–Kier alpha value is -1.10. The van der Waals surface area contributed by atoms with Gasteiger partial charge in [-0.05, 0) is 12.3 Å². The summed E-state index contributed by atoms with van der Waals surface area (Å²) in [5, 5.41) is 11.4. The number of carbonyl (C=O) groups excluding carboxylic acids is 1. The van der Waals surface area contributed by atoms with Crippen molar-refractivity contribution in [3.8, 4) is 0 Å². The van der Waals surface area contributed by atoms with Crippen molar-refractivity contribution in [2.75, 3.05) is 0 Å². The van der Waals surface area contributed by atoms with Crippen molar-refractivity contribution < 1.29 is 14.7 Å². The van der Waals surface area contributed by atoms with Crippen molar-refractivity contribution >= 4 is 11.9 Å². The maximum absolute atomic E-state index is 11.4. The molecule has 0 aliphatic carbocycles. The van der Waals surface area contributed by atoms with Gasteiger partial charge in [0, 0.05) is 0 Å². The number of hydrogen-bond donors (Lipinski definition) is 3. The third-order valence-corrected chi connectivity index (χ3v) is 2.55. The van der Waals surface area contributed by atoms with E-state index in [-0.39, 0.29) is 5.92 Å². The Labute approximate surface area is 90.0 Å². The molecule has 1 amide bonds. The summed E-state index contributed by atoms with van der Waals surface area (Å²) in [5.74, 6) is -1.51. The number of aliphatic carboxylic acids is 1. The van der Waals surface area contributed by atoms with E-state index in [1.807, 2.05) is 6.92 Å². The van der Waals surface area contributed by atoms with E-state index in [1.165, 1.54) is 0 Å². The van der Waals surface area contributed by atoms with Crippen LogP contribution in [0.15, 0.2) is 0 Å². The second kappa shape index (κ2) is 6.40. The van der Waals surface area contributed by atoms with Crippen molar-refractivity contribution in [2.24, 2.45) is 11.7 Å². The lowest BCUT2D eigenvalue weighted by Crippen LogP contribution is -2.50. The zero-order valence-electron chi connectivity index (χ0n) is 9.49. The number of rotatable bonds is 6. The van der Waals surface area contributed by atoms with Crippen LogP contribution in [0.25, 0.3) is 0 Å². The van der Waals surface area contributed by atoms with Gasteiger partial charge in [0.05, 0.1) is 6.04 Å². The molecule has 0 aromatic rings. The molecular weight excluding hydrogens is 196 g/mol. The zero-order chi connectivity index (χ0) is 12.0. The molecule has 3 atom stereocenters. The molecule has 0 saturated heterocycles. The predicted octanol–water partition coefficient (Wildman–Crippen LogP) is 0.339. The number of carbonyl (C=O) groups is 2. The summed E-state index contributed by atoms with van der Waals surface area (Å²) < 4.78 is 0. The fourth-order valence-electron chi connectivity index (χ4n) is 1.13. The van der Waals surface area contributed by atoms with Gasteiger partial charge in [-0.25, -0.2) is 4.79 Å². The number of amides is 1. The SMILES string of the molecule is CC[C@@H](N)C(=O)N[C@H](C(=O)O)[C@H](C)CC. The Kier molecular flexibility index (Phi) is 5.93. The van der Waals surface area contributed by atoms with E-state index in [2.05, 4.69) is 5.32 Å². The molecule has 0 aliphatic heterocycles. The lowest BCUT2D eigenvalue weighted by Gasteiger charge is -2.21. The van der Waals surface area contributed by atoms with Crippen molar-refractivity contribution in [1.29, 1.82) is 0 Å². The standard InChI is InChI=1S/C10H20N2O3/c1-4-6(3)8(10(14)15)12-9(13)7(11)5-2/h6-8H,4-5,11H2,1-3H3,(H,12,13)(H,14,15)/t6-,7-,8+/m1/s1. The summed E-state index contributed by atoms with van der Waals surface area (Å²) in [7, 11) is 0. The van der Waals surface area contributed by atoms with Gasteiger partial charge in [-0.1, -0.05) is 27.2 Å². The van der Waals surface area contributed by atoms with Crippen LogP contribution < -0.4 is 11.1 Å². The Morgan fingerprint density at radius 2 is 1.87 bits per heavy atom. The maximum atomic E-state index is 11.4. The molecule has 5 nitrogen and oxygen atoms in total. The molecular formula is C10H20N2O3. The first-order valence-corrected chi connectivity index (χ1v) is 5.22. The van der Waals surface area contributed by atoms with Gasteiger partial charge in [-0.15, -0.1) is 0 Å². The van der Waals surface area contributed by atoms with Crippen LogP contribution in [0.1, 0.15) is 33.6 Å². The lowest BCUT2D eigenvalue weighted by atomic mass is 9.99. The fourth-order valence-corrected chi connectivity index (χ4v) is 1.13. The smallest absolute Gasteiger partial charge is 0.326 e. The number of carboxylic acids is 1. The summed E-state index contributed by atoms with van der Waals surface area (Å²) in [5.41, 5.74) is 5.50. The van der Waals surface area contributed by atoms with Gasteiger partial charge >= 0.3 is 5.97 Å². The highest BCUT2D eigenvalue weighted by molar-refractivity contribution is 5.86. The third-order valence-electron chi connectivity index (χ3n) is 2.55. The third kappa shape index (κ3) is 4.29. The van der Waals surface area contributed by atoms with Gasteiger partial charge in [-0.3, -0.25) is 4.79 Å². The molecule has 0 aromatic heterocycles. The first-order chi connectivity index (χ1) is 6.93. The Balaban J connectivity index is 4.42. The number of nitrogens with one attached hydrogen (secondary N) is 1. The largest absolute Gasteiger partial charge is 0.480 e. The zero-order valence-corrected chi connectivity index (χ0v) is 9.49. The number of hydrogen-bond acceptors (Lipinski definition) is 3. The molecule has 0 spiro atoms. The molecule has 0 aliphatic rings. The van der Waals surface area contributed by atoms with Crippen LogP contribution in [0.3, 0.4) is 0 Å². The Morgan fingerprint density at radius 3 is 2.20 bits per heavy atom. The summed E-state index contributed by atoms with van der Waals surface area (Å²) in [4.78, 5) is 22.3. The average molecular weight is 216 g/mol. The van der Waals surface area contributed by atoms with Crippen LogP contribution in [0.5, 0.6) is 0 Å². The predicted molar refractivity (Wildman–Crippen MR) is 57.3 cm³/mol. The van der Waals surface area contributed by atoms with Crippen molar-refractivity contribution in [1.82, 2.24) is 5.32 Å². The Morgan fingerprint density at radius 1 is 1.33 bits per heavy atom. The van der Waals surface area contributed by atoms with Crippen molar-refractivity contribution in [3.05, 3.63) is 0 Å². The van der Waals surface area contributed by atoms with Crippen molar-refractivity contribution in [2.45, 2.75) is 45.7 Å². The first kappa shape index (κ1) is 13.9. The monoisotopic (exact) mass is 216 g/mol. The molecule has 15 heavy (non-hydrogen) atoms. The maximum Gasteiger partial charge on any atom is 0.326 e. The quantitative estimate of drug-likeness (QED) is 0.597. The second-order valence-corrected chi connectivity index (χ2v) is 3.72. The van der Waals surface area contributed by atoms with E-state index in [9.17, 15) is 9.59 Å². The van der Waals surface area contributed by atoms with Gasteiger partial charge in [0.15, 0.2) is 0 Å². The fraction of sp³-hybridized carbons (Fsp3) is 0.800. The molecule has 4 N–H and O–H groups in total. The molecule has 88 valence electrons. The minimum Gasteiger partial charge on any atom is -0.480 e.